The largest absolute Gasteiger partial charge is 0.378 e. The first-order valence-corrected chi connectivity index (χ1v) is 7.38. The van der Waals surface area contributed by atoms with Gasteiger partial charge in [-0.05, 0) is 36.8 Å². The van der Waals surface area contributed by atoms with E-state index in [1.54, 1.807) is 0 Å². The average Bonchev–Trinajstić information content (AvgIpc) is 2.47. The number of rotatable bonds is 3. The lowest BCUT2D eigenvalue weighted by Gasteiger charge is -2.17. The van der Waals surface area contributed by atoms with Crippen molar-refractivity contribution in [3.63, 3.8) is 0 Å². The lowest BCUT2D eigenvalue weighted by atomic mass is 10.1. The van der Waals surface area contributed by atoms with Crippen LogP contribution >= 0.6 is 15.9 Å². The standard InChI is InChI=1S/C17H15BrN2/c1-12(13-4-2-6-15(18)10-13)20-17-7-3-5-14-11-19-9-8-16(14)17/h2-12,20H,1H3. The molecule has 0 amide bonds. The SMILES string of the molecule is CC(Nc1cccc2cnccc12)c1cccc(Br)c1. The minimum atomic E-state index is 0.242. The highest BCUT2D eigenvalue weighted by Gasteiger charge is 2.07. The first kappa shape index (κ1) is 13.1. The minimum Gasteiger partial charge on any atom is -0.378 e. The first-order valence-electron chi connectivity index (χ1n) is 6.59. The molecule has 0 spiro atoms. The molecule has 1 N–H and O–H groups in total. The van der Waals surface area contributed by atoms with Crippen LogP contribution in [-0.4, -0.2) is 4.98 Å². The molecule has 1 atom stereocenters. The Balaban J connectivity index is 1.93. The lowest BCUT2D eigenvalue weighted by Crippen LogP contribution is -2.06. The van der Waals surface area contributed by atoms with Gasteiger partial charge in [0, 0.05) is 39.4 Å². The number of nitrogens with zero attached hydrogens (tertiary/aromatic N) is 1. The molecule has 100 valence electrons. The molecule has 0 saturated carbocycles. The molecule has 2 nitrogen and oxygen atoms in total. The molecule has 2 aromatic carbocycles. The molecule has 0 saturated heterocycles. The van der Waals surface area contributed by atoms with Crippen molar-refractivity contribution in [2.24, 2.45) is 0 Å². The van der Waals surface area contributed by atoms with Gasteiger partial charge < -0.3 is 5.32 Å². The van der Waals surface area contributed by atoms with E-state index in [0.29, 0.717) is 0 Å². The lowest BCUT2D eigenvalue weighted by molar-refractivity contribution is 0.886. The zero-order valence-electron chi connectivity index (χ0n) is 11.2. The summed E-state index contributed by atoms with van der Waals surface area (Å²) in [6.45, 7) is 2.17. The number of pyridine rings is 1. The maximum absolute atomic E-state index is 4.17. The summed E-state index contributed by atoms with van der Waals surface area (Å²) in [5.74, 6) is 0. The maximum atomic E-state index is 4.17. The molecule has 0 radical (unpaired) electrons. The molecule has 0 bridgehead atoms. The molecule has 1 unspecified atom stereocenters. The van der Waals surface area contributed by atoms with Crippen molar-refractivity contribution in [1.29, 1.82) is 0 Å². The monoisotopic (exact) mass is 326 g/mol. The molecular formula is C17H15BrN2. The summed E-state index contributed by atoms with van der Waals surface area (Å²) in [5, 5.41) is 5.93. The van der Waals surface area contributed by atoms with Gasteiger partial charge in [0.1, 0.15) is 0 Å². The van der Waals surface area contributed by atoms with Crippen molar-refractivity contribution < 1.29 is 0 Å². The fraction of sp³-hybridized carbons (Fsp3) is 0.118. The van der Waals surface area contributed by atoms with Gasteiger partial charge in [0.2, 0.25) is 0 Å². The second kappa shape index (κ2) is 5.63. The van der Waals surface area contributed by atoms with Gasteiger partial charge in [0.05, 0.1) is 0 Å². The quantitative estimate of drug-likeness (QED) is 0.718. The zero-order chi connectivity index (χ0) is 13.9. The Morgan fingerprint density at radius 1 is 1.10 bits per heavy atom. The van der Waals surface area contributed by atoms with Crippen molar-refractivity contribution in [1.82, 2.24) is 4.98 Å². The van der Waals surface area contributed by atoms with Gasteiger partial charge in [-0.3, -0.25) is 4.98 Å². The summed E-state index contributed by atoms with van der Waals surface area (Å²) in [5.41, 5.74) is 2.39. The van der Waals surface area contributed by atoms with Crippen molar-refractivity contribution >= 4 is 32.4 Å². The topological polar surface area (TPSA) is 24.9 Å². The Kier molecular flexibility index (Phi) is 3.70. The van der Waals surface area contributed by atoms with E-state index in [-0.39, 0.29) is 6.04 Å². The third-order valence-electron chi connectivity index (χ3n) is 3.40. The Hall–Kier alpha value is -1.87. The van der Waals surface area contributed by atoms with Crippen LogP contribution in [0.4, 0.5) is 5.69 Å². The number of halogens is 1. The highest BCUT2D eigenvalue weighted by atomic mass is 79.9. The summed E-state index contributed by atoms with van der Waals surface area (Å²) >= 11 is 3.52. The molecule has 0 aliphatic carbocycles. The van der Waals surface area contributed by atoms with Gasteiger partial charge in [-0.15, -0.1) is 0 Å². The average molecular weight is 327 g/mol. The predicted octanol–water partition coefficient (Wildman–Crippen LogP) is 5.17. The van der Waals surface area contributed by atoms with Crippen LogP contribution in [0.15, 0.2) is 65.4 Å². The normalized spacial score (nSPS) is 12.3. The summed E-state index contributed by atoms with van der Waals surface area (Å²) in [7, 11) is 0. The number of benzene rings is 2. The molecular weight excluding hydrogens is 312 g/mol. The van der Waals surface area contributed by atoms with Crippen molar-refractivity contribution in [2.45, 2.75) is 13.0 Å². The second-order valence-corrected chi connectivity index (χ2v) is 5.74. The highest BCUT2D eigenvalue weighted by molar-refractivity contribution is 9.10. The molecule has 3 rings (SSSR count). The van der Waals surface area contributed by atoms with Crippen LogP contribution in [0.2, 0.25) is 0 Å². The number of fused-ring (bicyclic) bond motifs is 1. The Morgan fingerprint density at radius 2 is 1.95 bits per heavy atom. The molecule has 20 heavy (non-hydrogen) atoms. The number of hydrogen-bond acceptors (Lipinski definition) is 2. The molecule has 3 heteroatoms. The molecule has 0 aliphatic rings. The van der Waals surface area contributed by atoms with Crippen LogP contribution in [-0.2, 0) is 0 Å². The van der Waals surface area contributed by atoms with Crippen LogP contribution in [0.3, 0.4) is 0 Å². The Labute approximate surface area is 127 Å². The fourth-order valence-electron chi connectivity index (χ4n) is 2.34. The van der Waals surface area contributed by atoms with Gasteiger partial charge in [0.15, 0.2) is 0 Å². The van der Waals surface area contributed by atoms with Gasteiger partial charge >= 0.3 is 0 Å². The van der Waals surface area contributed by atoms with E-state index in [1.807, 2.05) is 24.5 Å². The predicted molar refractivity (Wildman–Crippen MR) is 87.9 cm³/mol. The second-order valence-electron chi connectivity index (χ2n) is 4.82. The molecule has 1 aromatic heterocycles. The molecule has 0 fully saturated rings. The first-order chi connectivity index (χ1) is 9.74. The van der Waals surface area contributed by atoms with Crippen molar-refractivity contribution in [3.8, 4) is 0 Å². The number of anilines is 1. The zero-order valence-corrected chi connectivity index (χ0v) is 12.8. The molecule has 1 heterocycles. The Morgan fingerprint density at radius 3 is 2.80 bits per heavy atom. The number of hydrogen-bond donors (Lipinski definition) is 1. The van der Waals surface area contributed by atoms with Crippen LogP contribution < -0.4 is 5.32 Å². The van der Waals surface area contributed by atoms with E-state index >= 15 is 0 Å². The molecule has 0 aliphatic heterocycles. The van der Waals surface area contributed by atoms with Crippen LogP contribution in [0.25, 0.3) is 10.8 Å². The number of nitrogens with one attached hydrogen (secondary N) is 1. The van der Waals surface area contributed by atoms with E-state index in [0.717, 1.165) is 15.5 Å². The third-order valence-corrected chi connectivity index (χ3v) is 3.89. The third kappa shape index (κ3) is 2.68. The van der Waals surface area contributed by atoms with Crippen LogP contribution in [0, 0.1) is 0 Å². The van der Waals surface area contributed by atoms with Crippen LogP contribution in [0.1, 0.15) is 18.5 Å². The van der Waals surface area contributed by atoms with Gasteiger partial charge in [-0.2, -0.15) is 0 Å². The van der Waals surface area contributed by atoms with E-state index in [2.05, 4.69) is 69.6 Å². The van der Waals surface area contributed by atoms with Gasteiger partial charge in [-0.25, -0.2) is 0 Å². The van der Waals surface area contributed by atoms with Gasteiger partial charge in [-0.1, -0.05) is 40.2 Å². The Bertz CT molecular complexity index is 734. The fourth-order valence-corrected chi connectivity index (χ4v) is 2.76. The summed E-state index contributed by atoms with van der Waals surface area (Å²) in [6.07, 6.45) is 3.72. The minimum absolute atomic E-state index is 0.242. The van der Waals surface area contributed by atoms with E-state index in [4.69, 9.17) is 0 Å². The van der Waals surface area contributed by atoms with Crippen molar-refractivity contribution in [2.75, 3.05) is 5.32 Å². The van der Waals surface area contributed by atoms with E-state index in [1.165, 1.54) is 10.9 Å². The maximum Gasteiger partial charge on any atom is 0.0486 e. The van der Waals surface area contributed by atoms with Gasteiger partial charge in [0.25, 0.3) is 0 Å². The summed E-state index contributed by atoms with van der Waals surface area (Å²) in [4.78, 5) is 4.17. The summed E-state index contributed by atoms with van der Waals surface area (Å²) < 4.78 is 1.10. The molecule has 3 aromatic rings. The highest BCUT2D eigenvalue weighted by Crippen LogP contribution is 2.27. The van der Waals surface area contributed by atoms with E-state index < -0.39 is 0 Å². The summed E-state index contributed by atoms with van der Waals surface area (Å²) in [6, 6.07) is 16.9. The van der Waals surface area contributed by atoms with Crippen LogP contribution in [0.5, 0.6) is 0 Å². The smallest absolute Gasteiger partial charge is 0.0486 e. The number of aromatic nitrogens is 1. The van der Waals surface area contributed by atoms with E-state index in [9.17, 15) is 0 Å². The van der Waals surface area contributed by atoms with Crippen molar-refractivity contribution in [3.05, 3.63) is 71.0 Å².